The molecule has 23 heavy (non-hydrogen) atoms. The highest BCUT2D eigenvalue weighted by Gasteiger charge is 2.19. The Labute approximate surface area is 138 Å². The van der Waals surface area contributed by atoms with Crippen molar-refractivity contribution in [3.8, 4) is 0 Å². The summed E-state index contributed by atoms with van der Waals surface area (Å²) in [7, 11) is 0. The molecule has 3 heterocycles. The fourth-order valence-electron chi connectivity index (χ4n) is 2.95. The van der Waals surface area contributed by atoms with E-state index >= 15 is 0 Å². The summed E-state index contributed by atoms with van der Waals surface area (Å²) in [4.78, 5) is 15.5. The third kappa shape index (κ3) is 2.70. The molecule has 0 saturated heterocycles. The average molecular weight is 323 g/mol. The maximum absolute atomic E-state index is 4.48. The van der Waals surface area contributed by atoms with E-state index in [-0.39, 0.29) is 0 Å². The molecule has 1 N–H and O–H groups in total. The van der Waals surface area contributed by atoms with Crippen molar-refractivity contribution >= 4 is 33.1 Å². The van der Waals surface area contributed by atoms with Crippen LogP contribution in [0.3, 0.4) is 0 Å². The van der Waals surface area contributed by atoms with Gasteiger partial charge in [-0.1, -0.05) is 6.07 Å². The van der Waals surface area contributed by atoms with E-state index in [0.717, 1.165) is 40.2 Å². The summed E-state index contributed by atoms with van der Waals surface area (Å²) in [6.07, 6.45) is 9.97. The number of nitrogens with zero attached hydrogens (tertiary/aromatic N) is 4. The SMILES string of the molecule is C/C(=N\Nc1ncnc2sc3c(c12)CCCC3)c1cccnc1. The van der Waals surface area contributed by atoms with E-state index in [1.165, 1.54) is 23.3 Å². The molecule has 1 aliphatic carbocycles. The Hall–Kier alpha value is -2.34. The summed E-state index contributed by atoms with van der Waals surface area (Å²) in [5.41, 5.74) is 6.43. The minimum Gasteiger partial charge on any atom is -0.264 e. The number of fused-ring (bicyclic) bond motifs is 3. The van der Waals surface area contributed by atoms with Gasteiger partial charge in [0.2, 0.25) is 0 Å². The molecular weight excluding hydrogens is 306 g/mol. The molecule has 0 unspecified atom stereocenters. The van der Waals surface area contributed by atoms with Crippen LogP contribution in [0.15, 0.2) is 36.0 Å². The van der Waals surface area contributed by atoms with Crippen LogP contribution in [0, 0.1) is 0 Å². The summed E-state index contributed by atoms with van der Waals surface area (Å²) < 4.78 is 0. The molecule has 4 rings (SSSR count). The normalized spacial score (nSPS) is 14.7. The zero-order chi connectivity index (χ0) is 15.6. The number of aromatic nitrogens is 3. The Morgan fingerprint density at radius 2 is 2.17 bits per heavy atom. The number of nitrogens with one attached hydrogen (secondary N) is 1. The molecule has 0 atom stereocenters. The first-order chi connectivity index (χ1) is 11.3. The van der Waals surface area contributed by atoms with Gasteiger partial charge >= 0.3 is 0 Å². The molecular formula is C17H17N5S. The van der Waals surface area contributed by atoms with E-state index in [2.05, 4.69) is 25.5 Å². The minimum absolute atomic E-state index is 0.803. The van der Waals surface area contributed by atoms with Crippen LogP contribution < -0.4 is 5.43 Å². The largest absolute Gasteiger partial charge is 0.264 e. The average Bonchev–Trinajstić information content (AvgIpc) is 2.99. The lowest BCUT2D eigenvalue weighted by Gasteiger charge is -2.11. The van der Waals surface area contributed by atoms with Gasteiger partial charge in [0.1, 0.15) is 11.2 Å². The van der Waals surface area contributed by atoms with E-state index in [1.807, 2.05) is 25.3 Å². The number of hydrogen-bond donors (Lipinski definition) is 1. The molecule has 0 aliphatic heterocycles. The van der Waals surface area contributed by atoms with Crippen LogP contribution in [0.5, 0.6) is 0 Å². The number of pyridine rings is 1. The molecule has 3 aromatic heterocycles. The zero-order valence-corrected chi connectivity index (χ0v) is 13.7. The quantitative estimate of drug-likeness (QED) is 0.588. The first-order valence-electron chi connectivity index (χ1n) is 7.79. The van der Waals surface area contributed by atoms with E-state index in [4.69, 9.17) is 0 Å². The van der Waals surface area contributed by atoms with Gasteiger partial charge in [0.25, 0.3) is 0 Å². The predicted molar refractivity (Wildman–Crippen MR) is 94.1 cm³/mol. The molecule has 0 bridgehead atoms. The van der Waals surface area contributed by atoms with Crippen molar-refractivity contribution in [1.29, 1.82) is 0 Å². The summed E-state index contributed by atoms with van der Waals surface area (Å²) >= 11 is 1.79. The fourth-order valence-corrected chi connectivity index (χ4v) is 4.18. The highest BCUT2D eigenvalue weighted by atomic mass is 32.1. The van der Waals surface area contributed by atoms with Gasteiger partial charge in [0.15, 0.2) is 5.82 Å². The Kier molecular flexibility index (Phi) is 3.75. The third-order valence-corrected chi connectivity index (χ3v) is 5.36. The molecule has 0 fully saturated rings. The van der Waals surface area contributed by atoms with Gasteiger partial charge in [0.05, 0.1) is 11.1 Å². The van der Waals surface area contributed by atoms with Crippen LogP contribution >= 0.6 is 11.3 Å². The van der Waals surface area contributed by atoms with Crippen molar-refractivity contribution in [1.82, 2.24) is 15.0 Å². The number of aryl methyl sites for hydroxylation is 2. The second-order valence-electron chi connectivity index (χ2n) is 5.66. The smallest absolute Gasteiger partial charge is 0.158 e. The second kappa shape index (κ2) is 6.04. The van der Waals surface area contributed by atoms with Crippen molar-refractivity contribution in [2.45, 2.75) is 32.6 Å². The first-order valence-corrected chi connectivity index (χ1v) is 8.60. The minimum atomic E-state index is 0.803. The van der Waals surface area contributed by atoms with Gasteiger partial charge in [-0.05, 0) is 44.2 Å². The Balaban J connectivity index is 1.71. The van der Waals surface area contributed by atoms with Crippen LogP contribution in [-0.4, -0.2) is 20.7 Å². The zero-order valence-electron chi connectivity index (χ0n) is 12.9. The van der Waals surface area contributed by atoms with Gasteiger partial charge < -0.3 is 0 Å². The standard InChI is InChI=1S/C17H17N5S/c1-11(12-5-4-8-18-9-12)21-22-16-15-13-6-2-3-7-14(13)23-17(15)20-10-19-16/h4-5,8-10H,2-3,6-7H2,1H3,(H,19,20,22)/b21-11+. The summed E-state index contributed by atoms with van der Waals surface area (Å²) in [5.74, 6) is 0.803. The van der Waals surface area contributed by atoms with E-state index in [9.17, 15) is 0 Å². The van der Waals surface area contributed by atoms with Crippen LogP contribution in [0.2, 0.25) is 0 Å². The van der Waals surface area contributed by atoms with E-state index in [0.29, 0.717) is 0 Å². The first kappa shape index (κ1) is 14.3. The molecule has 0 aromatic carbocycles. The highest BCUT2D eigenvalue weighted by Crippen LogP contribution is 2.38. The molecule has 1 aliphatic rings. The number of hydrazone groups is 1. The predicted octanol–water partition coefficient (Wildman–Crippen LogP) is 3.80. The van der Waals surface area contributed by atoms with Crippen LogP contribution in [0.4, 0.5) is 5.82 Å². The lowest BCUT2D eigenvalue weighted by Crippen LogP contribution is -2.03. The van der Waals surface area contributed by atoms with E-state index < -0.39 is 0 Å². The van der Waals surface area contributed by atoms with Gasteiger partial charge in [-0.15, -0.1) is 11.3 Å². The Bertz CT molecular complexity index is 869. The van der Waals surface area contributed by atoms with Crippen LogP contribution in [0.25, 0.3) is 10.2 Å². The number of thiophene rings is 1. The maximum Gasteiger partial charge on any atom is 0.158 e. The molecule has 5 nitrogen and oxygen atoms in total. The highest BCUT2D eigenvalue weighted by molar-refractivity contribution is 7.19. The van der Waals surface area contributed by atoms with Gasteiger partial charge in [0, 0.05) is 22.8 Å². The van der Waals surface area contributed by atoms with Crippen molar-refractivity contribution in [3.63, 3.8) is 0 Å². The topological polar surface area (TPSA) is 63.1 Å². The lowest BCUT2D eigenvalue weighted by molar-refractivity contribution is 0.700. The molecule has 6 heteroatoms. The molecule has 0 amide bonds. The molecule has 116 valence electrons. The second-order valence-corrected chi connectivity index (χ2v) is 6.75. The summed E-state index contributed by atoms with van der Waals surface area (Å²) in [5, 5.41) is 5.63. The summed E-state index contributed by atoms with van der Waals surface area (Å²) in [6.45, 7) is 1.96. The molecule has 0 radical (unpaired) electrons. The lowest BCUT2D eigenvalue weighted by atomic mass is 9.97. The van der Waals surface area contributed by atoms with Crippen molar-refractivity contribution in [2.24, 2.45) is 5.10 Å². The maximum atomic E-state index is 4.48. The van der Waals surface area contributed by atoms with Gasteiger partial charge in [-0.25, -0.2) is 9.97 Å². The van der Waals surface area contributed by atoms with Crippen molar-refractivity contribution < 1.29 is 0 Å². The monoisotopic (exact) mass is 323 g/mol. The van der Waals surface area contributed by atoms with Crippen molar-refractivity contribution in [2.75, 3.05) is 5.43 Å². The molecule has 0 saturated carbocycles. The van der Waals surface area contributed by atoms with Crippen molar-refractivity contribution in [3.05, 3.63) is 46.9 Å². The van der Waals surface area contributed by atoms with Gasteiger partial charge in [-0.2, -0.15) is 5.10 Å². The third-order valence-electron chi connectivity index (χ3n) is 4.16. The molecule has 3 aromatic rings. The number of hydrogen-bond acceptors (Lipinski definition) is 6. The fraction of sp³-hybridized carbons (Fsp3) is 0.294. The van der Waals surface area contributed by atoms with Crippen LogP contribution in [0.1, 0.15) is 35.8 Å². The number of anilines is 1. The summed E-state index contributed by atoms with van der Waals surface area (Å²) in [6, 6.07) is 3.90. The number of rotatable bonds is 3. The Morgan fingerprint density at radius 1 is 1.26 bits per heavy atom. The van der Waals surface area contributed by atoms with E-state index in [1.54, 1.807) is 23.9 Å². The Morgan fingerprint density at radius 3 is 3.04 bits per heavy atom. The van der Waals surface area contributed by atoms with Gasteiger partial charge in [-0.3, -0.25) is 10.4 Å². The van der Waals surface area contributed by atoms with Crippen LogP contribution in [-0.2, 0) is 12.8 Å². The molecule has 0 spiro atoms.